The van der Waals surface area contributed by atoms with Crippen molar-refractivity contribution in [2.45, 2.75) is 33.4 Å². The summed E-state index contributed by atoms with van der Waals surface area (Å²) in [5, 5.41) is 21.4. The van der Waals surface area contributed by atoms with Crippen LogP contribution in [0.4, 0.5) is 4.39 Å². The quantitative estimate of drug-likeness (QED) is 0.260. The number of carbonyl (C=O) groups is 2. The highest BCUT2D eigenvalue weighted by molar-refractivity contribution is 6.46. The molecule has 1 aliphatic rings. The van der Waals surface area contributed by atoms with Gasteiger partial charge in [0.15, 0.2) is 0 Å². The van der Waals surface area contributed by atoms with E-state index in [-0.39, 0.29) is 23.6 Å². The molecule has 3 aromatic rings. The van der Waals surface area contributed by atoms with Gasteiger partial charge in [-0.2, -0.15) is 0 Å². The van der Waals surface area contributed by atoms with E-state index in [0.29, 0.717) is 35.0 Å². The van der Waals surface area contributed by atoms with Gasteiger partial charge in [-0.15, -0.1) is 0 Å². The normalized spacial score (nSPS) is 17.1. The lowest BCUT2D eigenvalue weighted by Gasteiger charge is -2.25. The number of benzene rings is 3. The van der Waals surface area contributed by atoms with Crippen LogP contribution in [0.15, 0.2) is 72.3 Å². The number of hydrogen-bond acceptors (Lipinski definition) is 5. The number of likely N-dealkylation sites (tertiary alicyclic amines) is 1. The highest BCUT2D eigenvalue weighted by Crippen LogP contribution is 2.41. The van der Waals surface area contributed by atoms with E-state index in [1.165, 1.54) is 41.3 Å². The van der Waals surface area contributed by atoms with Crippen molar-refractivity contribution in [3.05, 3.63) is 100 Å². The SMILES string of the molecule is Cc1cc(/C(O)=C2/C(=O)C(=O)N(Cc3ccc(F)cc3)C2c2cccc(O)c2)ccc1OCC(C)C. The Morgan fingerprint density at radius 2 is 1.78 bits per heavy atom. The van der Waals surface area contributed by atoms with Crippen LogP contribution in [0.2, 0.25) is 0 Å². The van der Waals surface area contributed by atoms with Gasteiger partial charge in [-0.25, -0.2) is 4.39 Å². The molecule has 1 aliphatic heterocycles. The predicted molar refractivity (Wildman–Crippen MR) is 134 cm³/mol. The van der Waals surface area contributed by atoms with Crippen molar-refractivity contribution in [2.75, 3.05) is 6.61 Å². The number of aromatic hydroxyl groups is 1. The number of aryl methyl sites for hydroxylation is 1. The van der Waals surface area contributed by atoms with Gasteiger partial charge in [0.2, 0.25) is 0 Å². The van der Waals surface area contributed by atoms with Crippen LogP contribution in [-0.2, 0) is 16.1 Å². The number of ether oxygens (including phenoxy) is 1. The minimum Gasteiger partial charge on any atom is -0.508 e. The molecule has 0 spiro atoms. The van der Waals surface area contributed by atoms with Gasteiger partial charge in [-0.3, -0.25) is 9.59 Å². The molecule has 2 N–H and O–H groups in total. The Kier molecular flexibility index (Phi) is 7.10. The topological polar surface area (TPSA) is 87.1 Å². The van der Waals surface area contributed by atoms with E-state index >= 15 is 0 Å². The Bertz CT molecular complexity index is 1330. The number of aliphatic hydroxyl groups is 1. The van der Waals surface area contributed by atoms with Gasteiger partial charge in [-0.05, 0) is 72.0 Å². The van der Waals surface area contributed by atoms with Crippen molar-refractivity contribution >= 4 is 17.4 Å². The smallest absolute Gasteiger partial charge is 0.295 e. The molecule has 36 heavy (non-hydrogen) atoms. The minimum atomic E-state index is -0.945. The second-order valence-electron chi connectivity index (χ2n) is 9.33. The third-order valence-electron chi connectivity index (χ3n) is 6.01. The number of amides is 1. The van der Waals surface area contributed by atoms with E-state index in [1.807, 2.05) is 20.8 Å². The fraction of sp³-hybridized carbons (Fsp3) is 0.241. The molecule has 1 atom stereocenters. The van der Waals surface area contributed by atoms with Crippen molar-refractivity contribution in [1.29, 1.82) is 0 Å². The number of rotatable bonds is 7. The summed E-state index contributed by atoms with van der Waals surface area (Å²) in [6.45, 7) is 6.48. The van der Waals surface area contributed by atoms with Crippen LogP contribution < -0.4 is 4.74 Å². The molecule has 0 aromatic heterocycles. The molecule has 186 valence electrons. The zero-order valence-corrected chi connectivity index (χ0v) is 20.4. The van der Waals surface area contributed by atoms with Crippen LogP contribution >= 0.6 is 0 Å². The molecule has 4 rings (SSSR count). The summed E-state index contributed by atoms with van der Waals surface area (Å²) in [5.74, 6) is -1.38. The first-order chi connectivity index (χ1) is 17.2. The molecular formula is C29H28FNO5. The van der Waals surface area contributed by atoms with E-state index in [2.05, 4.69) is 0 Å². The van der Waals surface area contributed by atoms with Crippen molar-refractivity contribution in [3.8, 4) is 11.5 Å². The zero-order valence-electron chi connectivity index (χ0n) is 20.4. The second-order valence-corrected chi connectivity index (χ2v) is 9.33. The van der Waals surface area contributed by atoms with E-state index in [9.17, 15) is 24.2 Å². The average Bonchev–Trinajstić information content (AvgIpc) is 3.09. The van der Waals surface area contributed by atoms with Gasteiger partial charge in [0.25, 0.3) is 11.7 Å². The fourth-order valence-corrected chi connectivity index (χ4v) is 4.24. The molecule has 0 aliphatic carbocycles. The van der Waals surface area contributed by atoms with Crippen molar-refractivity contribution in [3.63, 3.8) is 0 Å². The van der Waals surface area contributed by atoms with E-state index in [4.69, 9.17) is 4.74 Å². The Morgan fingerprint density at radius 3 is 2.42 bits per heavy atom. The number of halogens is 1. The van der Waals surface area contributed by atoms with E-state index in [0.717, 1.165) is 5.56 Å². The average molecular weight is 490 g/mol. The summed E-state index contributed by atoms with van der Waals surface area (Å²) in [4.78, 5) is 27.7. The van der Waals surface area contributed by atoms with E-state index < -0.39 is 23.5 Å². The van der Waals surface area contributed by atoms with Gasteiger partial charge >= 0.3 is 0 Å². The second kappa shape index (κ2) is 10.2. The molecule has 1 saturated heterocycles. The largest absolute Gasteiger partial charge is 0.508 e. The maximum Gasteiger partial charge on any atom is 0.295 e. The molecule has 1 unspecified atom stereocenters. The number of nitrogens with zero attached hydrogens (tertiary/aromatic N) is 1. The van der Waals surface area contributed by atoms with Crippen molar-refractivity contribution in [2.24, 2.45) is 5.92 Å². The highest BCUT2D eigenvalue weighted by atomic mass is 19.1. The lowest BCUT2D eigenvalue weighted by molar-refractivity contribution is -0.140. The molecule has 7 heteroatoms. The third kappa shape index (κ3) is 5.10. The Morgan fingerprint density at radius 1 is 1.06 bits per heavy atom. The lowest BCUT2D eigenvalue weighted by atomic mass is 9.94. The van der Waals surface area contributed by atoms with Gasteiger partial charge in [0, 0.05) is 12.1 Å². The summed E-state index contributed by atoms with van der Waals surface area (Å²) in [6.07, 6.45) is 0. The first kappa shape index (κ1) is 25.0. The predicted octanol–water partition coefficient (Wildman–Crippen LogP) is 5.50. The maximum absolute atomic E-state index is 13.4. The number of hydrogen-bond donors (Lipinski definition) is 2. The molecular weight excluding hydrogens is 461 g/mol. The van der Waals surface area contributed by atoms with Crippen molar-refractivity contribution < 1.29 is 28.9 Å². The summed E-state index contributed by atoms with van der Waals surface area (Å²) < 4.78 is 19.2. The van der Waals surface area contributed by atoms with Crippen LogP contribution in [0.25, 0.3) is 5.76 Å². The maximum atomic E-state index is 13.4. The molecule has 0 bridgehead atoms. The number of Topliss-reactive ketones (excluding diaryl/α,β-unsaturated/α-hetero) is 1. The monoisotopic (exact) mass is 489 g/mol. The van der Waals surface area contributed by atoms with Crippen LogP contribution in [0.1, 0.15) is 42.1 Å². The molecule has 1 heterocycles. The summed E-state index contributed by atoms with van der Waals surface area (Å²) in [6, 6.07) is 16.0. The van der Waals surface area contributed by atoms with Gasteiger partial charge < -0.3 is 19.8 Å². The Balaban J connectivity index is 1.79. The Labute approximate surface area is 209 Å². The fourth-order valence-electron chi connectivity index (χ4n) is 4.24. The molecule has 6 nitrogen and oxygen atoms in total. The summed E-state index contributed by atoms with van der Waals surface area (Å²) in [5.41, 5.74) is 2.14. The van der Waals surface area contributed by atoms with Gasteiger partial charge in [0.05, 0.1) is 18.2 Å². The number of carbonyl (C=O) groups excluding carboxylic acids is 2. The van der Waals surface area contributed by atoms with Crippen molar-refractivity contribution in [1.82, 2.24) is 4.90 Å². The molecule has 0 saturated carbocycles. The molecule has 1 fully saturated rings. The molecule has 1 amide bonds. The first-order valence-electron chi connectivity index (χ1n) is 11.7. The third-order valence-corrected chi connectivity index (χ3v) is 6.01. The van der Waals surface area contributed by atoms with Crippen LogP contribution in [0.3, 0.4) is 0 Å². The Hall–Kier alpha value is -4.13. The van der Waals surface area contributed by atoms with Gasteiger partial charge in [-0.1, -0.05) is 38.1 Å². The highest BCUT2D eigenvalue weighted by Gasteiger charge is 2.46. The first-order valence-corrected chi connectivity index (χ1v) is 11.7. The zero-order chi connectivity index (χ0) is 26.0. The number of phenolic OH excluding ortho intramolecular Hbond substituents is 1. The van der Waals surface area contributed by atoms with Crippen LogP contribution in [0, 0.1) is 18.7 Å². The number of phenols is 1. The minimum absolute atomic E-state index is 0.0168. The molecule has 0 radical (unpaired) electrons. The summed E-state index contributed by atoms with van der Waals surface area (Å²) >= 11 is 0. The lowest BCUT2D eigenvalue weighted by Crippen LogP contribution is -2.29. The standard InChI is InChI=1S/C29H28FNO5/c1-17(2)16-36-24-12-9-21(13-18(24)3)27(33)25-26(20-5-4-6-23(32)14-20)31(29(35)28(25)34)15-19-7-10-22(30)11-8-19/h4-14,17,26,32-33H,15-16H2,1-3H3/b27-25-. The molecule has 3 aromatic carbocycles. The summed E-state index contributed by atoms with van der Waals surface area (Å²) in [7, 11) is 0. The van der Waals surface area contributed by atoms with Crippen LogP contribution in [0.5, 0.6) is 11.5 Å². The van der Waals surface area contributed by atoms with E-state index in [1.54, 1.807) is 30.3 Å². The number of ketones is 1. The van der Waals surface area contributed by atoms with Gasteiger partial charge in [0.1, 0.15) is 23.1 Å². The number of aliphatic hydroxyl groups excluding tert-OH is 1. The van der Waals surface area contributed by atoms with Crippen LogP contribution in [-0.4, -0.2) is 33.4 Å².